The quantitative estimate of drug-likeness (QED) is 0.669. The van der Waals surface area contributed by atoms with Crippen molar-refractivity contribution in [3.05, 3.63) is 36.4 Å². The summed E-state index contributed by atoms with van der Waals surface area (Å²) in [7, 11) is 2.00. The van der Waals surface area contributed by atoms with Crippen LogP contribution in [0.25, 0.3) is 22.3 Å². The van der Waals surface area contributed by atoms with Gasteiger partial charge in [0.15, 0.2) is 0 Å². The van der Waals surface area contributed by atoms with Gasteiger partial charge >= 0.3 is 5.97 Å². The summed E-state index contributed by atoms with van der Waals surface area (Å²) in [6, 6.07) is 8.09. The van der Waals surface area contributed by atoms with Gasteiger partial charge in [-0.25, -0.2) is 0 Å². The first kappa shape index (κ1) is 17.2. The maximum Gasteiger partial charge on any atom is 0.307 e. The van der Waals surface area contributed by atoms with Crippen molar-refractivity contribution in [3.8, 4) is 11.4 Å². The van der Waals surface area contributed by atoms with Crippen LogP contribution in [-0.2, 0) is 16.6 Å². The van der Waals surface area contributed by atoms with Gasteiger partial charge in [0.2, 0.25) is 11.7 Å². The Morgan fingerprint density at radius 3 is 2.80 bits per heavy atom. The molecule has 0 saturated heterocycles. The number of benzene rings is 1. The second kappa shape index (κ2) is 6.35. The van der Waals surface area contributed by atoms with Crippen LogP contribution in [0, 0.1) is 0 Å². The molecule has 0 radical (unpaired) electrons. The summed E-state index contributed by atoms with van der Waals surface area (Å²) in [5.41, 5.74) is 1.49. The van der Waals surface area contributed by atoms with E-state index in [1.54, 1.807) is 0 Å². The third-order valence-electron chi connectivity index (χ3n) is 3.90. The number of aryl methyl sites for hydroxylation is 1. The Morgan fingerprint density at radius 2 is 2.08 bits per heavy atom. The van der Waals surface area contributed by atoms with Crippen LogP contribution in [0.2, 0.25) is 0 Å². The van der Waals surface area contributed by atoms with Gasteiger partial charge in [0.05, 0.1) is 6.42 Å². The minimum absolute atomic E-state index is 0.199. The average molecular weight is 341 g/mol. The van der Waals surface area contributed by atoms with Crippen LogP contribution in [0.3, 0.4) is 0 Å². The minimum Gasteiger partial charge on any atom is -0.460 e. The molecule has 0 aliphatic heterocycles. The van der Waals surface area contributed by atoms with Gasteiger partial charge in [0, 0.05) is 30.2 Å². The predicted molar refractivity (Wildman–Crippen MR) is 95.1 cm³/mol. The van der Waals surface area contributed by atoms with Gasteiger partial charge in [0.1, 0.15) is 5.60 Å². The SMILES string of the molecule is C[C@H](CC(=O)OC(C)(C)C)c1nc(-c2ccc3ccn(C)c3c2)no1. The molecule has 2 heterocycles. The van der Waals surface area contributed by atoms with Crippen molar-refractivity contribution in [2.75, 3.05) is 0 Å². The molecule has 0 N–H and O–H groups in total. The van der Waals surface area contributed by atoms with Crippen LogP contribution in [0.1, 0.15) is 45.9 Å². The third kappa shape index (κ3) is 3.90. The number of carbonyl (C=O) groups excluding carboxylic acids is 1. The molecule has 1 atom stereocenters. The van der Waals surface area contributed by atoms with Crippen LogP contribution in [-0.4, -0.2) is 26.3 Å². The number of hydrogen-bond acceptors (Lipinski definition) is 5. The van der Waals surface area contributed by atoms with Crippen molar-refractivity contribution in [1.82, 2.24) is 14.7 Å². The van der Waals surface area contributed by atoms with Crippen LogP contribution in [0.15, 0.2) is 35.0 Å². The van der Waals surface area contributed by atoms with Crippen molar-refractivity contribution < 1.29 is 14.1 Å². The fourth-order valence-corrected chi connectivity index (χ4v) is 2.67. The number of ether oxygens (including phenoxy) is 1. The second-order valence-electron chi connectivity index (χ2n) is 7.35. The topological polar surface area (TPSA) is 70.2 Å². The summed E-state index contributed by atoms with van der Waals surface area (Å²) in [4.78, 5) is 16.4. The van der Waals surface area contributed by atoms with Crippen LogP contribution in [0.5, 0.6) is 0 Å². The van der Waals surface area contributed by atoms with E-state index in [0.717, 1.165) is 16.5 Å². The summed E-state index contributed by atoms with van der Waals surface area (Å²) < 4.78 is 12.7. The molecule has 0 amide bonds. The van der Waals surface area contributed by atoms with Gasteiger partial charge in [-0.05, 0) is 38.3 Å². The van der Waals surface area contributed by atoms with E-state index in [9.17, 15) is 4.79 Å². The molecule has 132 valence electrons. The molecule has 0 aliphatic rings. The van der Waals surface area contributed by atoms with Crippen molar-refractivity contribution in [2.45, 2.75) is 45.6 Å². The first-order valence-electron chi connectivity index (χ1n) is 8.34. The fraction of sp³-hybridized carbons (Fsp3) is 0.421. The fourth-order valence-electron chi connectivity index (χ4n) is 2.67. The van der Waals surface area contributed by atoms with Crippen molar-refractivity contribution in [3.63, 3.8) is 0 Å². The second-order valence-corrected chi connectivity index (χ2v) is 7.35. The minimum atomic E-state index is -0.499. The summed E-state index contributed by atoms with van der Waals surface area (Å²) in [5.74, 6) is 0.488. The first-order chi connectivity index (χ1) is 11.7. The Morgan fingerprint density at radius 1 is 1.32 bits per heavy atom. The van der Waals surface area contributed by atoms with Crippen molar-refractivity contribution >= 4 is 16.9 Å². The predicted octanol–water partition coefficient (Wildman–Crippen LogP) is 4.06. The lowest BCUT2D eigenvalue weighted by Crippen LogP contribution is -2.24. The van der Waals surface area contributed by atoms with E-state index in [0.29, 0.717) is 11.7 Å². The lowest BCUT2D eigenvalue weighted by atomic mass is 10.1. The Balaban J connectivity index is 1.76. The number of rotatable bonds is 4. The number of carbonyl (C=O) groups is 1. The molecule has 0 bridgehead atoms. The Labute approximate surface area is 146 Å². The molecule has 0 fully saturated rings. The van der Waals surface area contributed by atoms with E-state index in [4.69, 9.17) is 9.26 Å². The summed E-state index contributed by atoms with van der Waals surface area (Å²) in [5, 5.41) is 5.22. The van der Waals surface area contributed by atoms with Gasteiger partial charge in [-0.15, -0.1) is 0 Å². The first-order valence-corrected chi connectivity index (χ1v) is 8.34. The number of aromatic nitrogens is 3. The molecule has 6 heteroatoms. The largest absolute Gasteiger partial charge is 0.460 e. The summed E-state index contributed by atoms with van der Waals surface area (Å²) >= 11 is 0. The molecule has 3 rings (SSSR count). The maximum atomic E-state index is 12.0. The highest BCUT2D eigenvalue weighted by atomic mass is 16.6. The van der Waals surface area contributed by atoms with Crippen molar-refractivity contribution in [1.29, 1.82) is 0 Å². The van der Waals surface area contributed by atoms with Gasteiger partial charge < -0.3 is 13.8 Å². The molecule has 1 aromatic carbocycles. The van der Waals surface area contributed by atoms with Crippen molar-refractivity contribution in [2.24, 2.45) is 7.05 Å². The highest BCUT2D eigenvalue weighted by Crippen LogP contribution is 2.26. The van der Waals surface area contributed by atoms with E-state index < -0.39 is 5.60 Å². The highest BCUT2D eigenvalue weighted by molar-refractivity contribution is 5.84. The Bertz CT molecular complexity index is 902. The van der Waals surface area contributed by atoms with Gasteiger partial charge in [-0.2, -0.15) is 4.98 Å². The molecule has 3 aromatic rings. The van der Waals surface area contributed by atoms with Crippen LogP contribution < -0.4 is 0 Å². The van der Waals surface area contributed by atoms with E-state index >= 15 is 0 Å². The zero-order valence-corrected chi connectivity index (χ0v) is 15.2. The monoisotopic (exact) mass is 341 g/mol. The number of hydrogen-bond donors (Lipinski definition) is 0. The zero-order chi connectivity index (χ0) is 18.2. The lowest BCUT2D eigenvalue weighted by Gasteiger charge is -2.20. The number of esters is 1. The van der Waals surface area contributed by atoms with E-state index in [1.807, 2.05) is 63.7 Å². The van der Waals surface area contributed by atoms with E-state index in [1.165, 1.54) is 0 Å². The number of fused-ring (bicyclic) bond motifs is 1. The molecular weight excluding hydrogens is 318 g/mol. The van der Waals surface area contributed by atoms with Gasteiger partial charge in [0.25, 0.3) is 0 Å². The van der Waals surface area contributed by atoms with Crippen LogP contribution in [0.4, 0.5) is 0 Å². The molecule has 6 nitrogen and oxygen atoms in total. The summed E-state index contributed by atoms with van der Waals surface area (Å²) in [6.07, 6.45) is 2.22. The number of nitrogens with zero attached hydrogens (tertiary/aromatic N) is 3. The smallest absolute Gasteiger partial charge is 0.307 e. The molecule has 2 aromatic heterocycles. The van der Waals surface area contributed by atoms with Gasteiger partial charge in [-0.1, -0.05) is 24.2 Å². The van der Waals surface area contributed by atoms with Gasteiger partial charge in [-0.3, -0.25) is 4.79 Å². The van der Waals surface area contributed by atoms with E-state index in [2.05, 4.69) is 16.2 Å². The summed E-state index contributed by atoms with van der Waals surface area (Å²) in [6.45, 7) is 7.42. The molecule has 25 heavy (non-hydrogen) atoms. The Hall–Kier alpha value is -2.63. The molecule has 0 unspecified atom stereocenters. The lowest BCUT2D eigenvalue weighted by molar-refractivity contribution is -0.155. The third-order valence-corrected chi connectivity index (χ3v) is 3.90. The molecular formula is C19H23N3O3. The zero-order valence-electron chi connectivity index (χ0n) is 15.2. The maximum absolute atomic E-state index is 12.0. The standard InChI is InChI=1S/C19H23N3O3/c1-12(10-16(23)24-19(2,3)4)18-20-17(21-25-18)14-7-6-13-8-9-22(5)15(13)11-14/h6-9,11-12H,10H2,1-5H3/t12-/m1/s1. The molecule has 0 spiro atoms. The molecule has 0 saturated carbocycles. The highest BCUT2D eigenvalue weighted by Gasteiger charge is 2.22. The average Bonchev–Trinajstić information content (AvgIpc) is 3.12. The Kier molecular flexibility index (Phi) is 4.37. The van der Waals surface area contributed by atoms with Crippen LogP contribution >= 0.6 is 0 Å². The molecule has 0 aliphatic carbocycles. The van der Waals surface area contributed by atoms with E-state index in [-0.39, 0.29) is 18.3 Å². The normalized spacial score (nSPS) is 13.2.